The first-order valence-electron chi connectivity index (χ1n) is 8.91. The molecule has 0 bridgehead atoms. The van der Waals surface area contributed by atoms with Gasteiger partial charge in [0.15, 0.2) is 6.61 Å². The van der Waals surface area contributed by atoms with Crippen molar-refractivity contribution in [3.63, 3.8) is 0 Å². The monoisotopic (exact) mass is 385 g/mol. The SMILES string of the molecule is O=C1NC2(CCN(C(=O)COc3ccccc3)CC2)Nc2ccc(Cl)cc21. The van der Waals surface area contributed by atoms with Crippen LogP contribution in [0.5, 0.6) is 5.75 Å². The third-order valence-corrected chi connectivity index (χ3v) is 5.26. The van der Waals surface area contributed by atoms with Crippen LogP contribution in [0.15, 0.2) is 48.5 Å². The Morgan fingerprint density at radius 2 is 1.85 bits per heavy atom. The summed E-state index contributed by atoms with van der Waals surface area (Å²) in [5.74, 6) is 0.484. The zero-order valence-corrected chi connectivity index (χ0v) is 15.5. The maximum Gasteiger partial charge on any atom is 0.260 e. The molecular weight excluding hydrogens is 366 g/mol. The van der Waals surface area contributed by atoms with Crippen LogP contribution in [-0.4, -0.2) is 42.1 Å². The molecule has 1 spiro atoms. The molecule has 7 heteroatoms. The number of anilines is 1. The number of hydrogen-bond donors (Lipinski definition) is 2. The lowest BCUT2D eigenvalue weighted by molar-refractivity contribution is -0.134. The van der Waals surface area contributed by atoms with E-state index in [1.165, 1.54) is 0 Å². The molecule has 2 N–H and O–H groups in total. The normalized spacial score (nSPS) is 17.7. The van der Waals surface area contributed by atoms with E-state index < -0.39 is 5.66 Å². The van der Waals surface area contributed by atoms with Gasteiger partial charge in [-0.2, -0.15) is 0 Å². The largest absolute Gasteiger partial charge is 0.484 e. The van der Waals surface area contributed by atoms with Crippen molar-refractivity contribution in [1.29, 1.82) is 0 Å². The number of likely N-dealkylation sites (tertiary alicyclic amines) is 1. The van der Waals surface area contributed by atoms with Crippen LogP contribution in [0.3, 0.4) is 0 Å². The topological polar surface area (TPSA) is 70.7 Å². The molecule has 0 radical (unpaired) electrons. The first-order chi connectivity index (χ1) is 13.0. The van der Waals surface area contributed by atoms with E-state index in [4.69, 9.17) is 16.3 Å². The summed E-state index contributed by atoms with van der Waals surface area (Å²) in [6.45, 7) is 1.11. The molecule has 2 amide bonds. The molecule has 0 aliphatic carbocycles. The second-order valence-corrected chi connectivity index (χ2v) is 7.27. The molecule has 2 aliphatic rings. The van der Waals surface area contributed by atoms with Gasteiger partial charge in [-0.3, -0.25) is 9.59 Å². The van der Waals surface area contributed by atoms with Crippen molar-refractivity contribution in [1.82, 2.24) is 10.2 Å². The predicted molar refractivity (Wildman–Crippen MR) is 103 cm³/mol. The van der Waals surface area contributed by atoms with Gasteiger partial charge in [-0.15, -0.1) is 0 Å². The second-order valence-electron chi connectivity index (χ2n) is 6.83. The molecule has 0 atom stereocenters. The minimum Gasteiger partial charge on any atom is -0.484 e. The number of fused-ring (bicyclic) bond motifs is 1. The van der Waals surface area contributed by atoms with Crippen molar-refractivity contribution in [2.75, 3.05) is 25.0 Å². The van der Waals surface area contributed by atoms with Gasteiger partial charge in [0.2, 0.25) is 0 Å². The Balaban J connectivity index is 1.36. The van der Waals surface area contributed by atoms with E-state index in [0.717, 1.165) is 5.69 Å². The molecule has 0 saturated carbocycles. The third kappa shape index (κ3) is 3.71. The van der Waals surface area contributed by atoms with Crippen LogP contribution in [0.4, 0.5) is 5.69 Å². The second kappa shape index (κ2) is 7.12. The van der Waals surface area contributed by atoms with Crippen LogP contribution in [0, 0.1) is 0 Å². The first-order valence-corrected chi connectivity index (χ1v) is 9.28. The van der Waals surface area contributed by atoms with Gasteiger partial charge in [0.05, 0.1) is 5.56 Å². The Bertz CT molecular complexity index is 864. The molecule has 140 valence electrons. The minimum absolute atomic E-state index is 0.0120. The van der Waals surface area contributed by atoms with Crippen LogP contribution in [0.2, 0.25) is 5.02 Å². The Kier molecular flexibility index (Phi) is 4.66. The van der Waals surface area contributed by atoms with Gasteiger partial charge >= 0.3 is 0 Å². The fraction of sp³-hybridized carbons (Fsp3) is 0.300. The number of carbonyl (C=O) groups excluding carboxylic acids is 2. The van der Waals surface area contributed by atoms with Gasteiger partial charge in [-0.1, -0.05) is 29.8 Å². The molecule has 2 aromatic rings. The summed E-state index contributed by atoms with van der Waals surface area (Å²) < 4.78 is 5.54. The average Bonchev–Trinajstić information content (AvgIpc) is 2.68. The molecule has 27 heavy (non-hydrogen) atoms. The zero-order valence-electron chi connectivity index (χ0n) is 14.7. The Morgan fingerprint density at radius 3 is 2.59 bits per heavy atom. The Morgan fingerprint density at radius 1 is 1.11 bits per heavy atom. The van der Waals surface area contributed by atoms with E-state index in [0.29, 0.717) is 42.3 Å². The average molecular weight is 386 g/mol. The van der Waals surface area contributed by atoms with Crippen LogP contribution in [0.25, 0.3) is 0 Å². The molecule has 6 nitrogen and oxygen atoms in total. The van der Waals surface area contributed by atoms with Crippen molar-refractivity contribution in [3.05, 3.63) is 59.1 Å². The molecule has 1 saturated heterocycles. The number of para-hydroxylation sites is 1. The van der Waals surface area contributed by atoms with Crippen LogP contribution >= 0.6 is 11.6 Å². The van der Waals surface area contributed by atoms with Crippen molar-refractivity contribution in [2.45, 2.75) is 18.5 Å². The molecule has 1 fully saturated rings. The Hall–Kier alpha value is -2.73. The number of nitrogens with one attached hydrogen (secondary N) is 2. The van der Waals surface area contributed by atoms with Crippen LogP contribution in [-0.2, 0) is 4.79 Å². The van der Waals surface area contributed by atoms with Crippen molar-refractivity contribution >= 4 is 29.1 Å². The van der Waals surface area contributed by atoms with E-state index in [-0.39, 0.29) is 18.4 Å². The molecule has 2 aliphatic heterocycles. The number of carbonyl (C=O) groups is 2. The Labute approximate surface area is 162 Å². The summed E-state index contributed by atoms with van der Waals surface area (Å²) in [5, 5.41) is 7.01. The number of halogens is 1. The number of piperidine rings is 1. The van der Waals surface area contributed by atoms with Crippen LogP contribution < -0.4 is 15.4 Å². The van der Waals surface area contributed by atoms with Crippen molar-refractivity contribution in [3.8, 4) is 5.75 Å². The minimum atomic E-state index is -0.533. The van der Waals surface area contributed by atoms with Crippen molar-refractivity contribution < 1.29 is 14.3 Å². The summed E-state index contributed by atoms with van der Waals surface area (Å²) in [6, 6.07) is 14.5. The lowest BCUT2D eigenvalue weighted by Crippen LogP contribution is -2.63. The van der Waals surface area contributed by atoms with Crippen molar-refractivity contribution in [2.24, 2.45) is 0 Å². The smallest absolute Gasteiger partial charge is 0.260 e. The lowest BCUT2D eigenvalue weighted by Gasteiger charge is -2.45. The van der Waals surface area contributed by atoms with E-state index in [9.17, 15) is 9.59 Å². The molecule has 2 aromatic carbocycles. The highest BCUT2D eigenvalue weighted by Crippen LogP contribution is 2.32. The number of hydrogen-bond acceptors (Lipinski definition) is 4. The maximum atomic E-state index is 12.5. The van der Waals surface area contributed by atoms with Crippen LogP contribution in [0.1, 0.15) is 23.2 Å². The fourth-order valence-electron chi connectivity index (χ4n) is 3.53. The van der Waals surface area contributed by atoms with E-state index in [2.05, 4.69) is 10.6 Å². The summed E-state index contributed by atoms with van der Waals surface area (Å²) in [7, 11) is 0. The number of rotatable bonds is 3. The van der Waals surface area contributed by atoms with Gasteiger partial charge in [-0.25, -0.2) is 0 Å². The van der Waals surface area contributed by atoms with Gasteiger partial charge in [0.25, 0.3) is 11.8 Å². The number of nitrogens with zero attached hydrogens (tertiary/aromatic N) is 1. The third-order valence-electron chi connectivity index (χ3n) is 5.03. The summed E-state index contributed by atoms with van der Waals surface area (Å²) in [5.41, 5.74) is 0.785. The van der Waals surface area contributed by atoms with Gasteiger partial charge in [0.1, 0.15) is 11.4 Å². The predicted octanol–water partition coefficient (Wildman–Crippen LogP) is 2.89. The van der Waals surface area contributed by atoms with Gasteiger partial charge in [0, 0.05) is 36.6 Å². The summed E-state index contributed by atoms with van der Waals surface area (Å²) >= 11 is 5.98. The summed E-state index contributed by atoms with van der Waals surface area (Å²) in [4.78, 5) is 26.7. The highest BCUT2D eigenvalue weighted by molar-refractivity contribution is 6.31. The number of ether oxygens (including phenoxy) is 1. The molecule has 2 heterocycles. The van der Waals surface area contributed by atoms with E-state index >= 15 is 0 Å². The molecule has 0 unspecified atom stereocenters. The standard InChI is InChI=1S/C20H20ClN3O3/c21-14-6-7-17-16(12-14)19(26)23-20(22-17)8-10-24(11-9-20)18(25)13-27-15-4-2-1-3-5-15/h1-7,12,22H,8-11,13H2,(H,23,26). The quantitative estimate of drug-likeness (QED) is 0.852. The first kappa shape index (κ1) is 17.7. The van der Waals surface area contributed by atoms with Gasteiger partial charge < -0.3 is 20.3 Å². The highest BCUT2D eigenvalue weighted by atomic mass is 35.5. The number of benzene rings is 2. The number of amides is 2. The zero-order chi connectivity index (χ0) is 18.9. The molecular formula is C20H20ClN3O3. The molecule has 0 aromatic heterocycles. The lowest BCUT2D eigenvalue weighted by atomic mass is 9.92. The van der Waals surface area contributed by atoms with E-state index in [1.807, 2.05) is 36.4 Å². The van der Waals surface area contributed by atoms with E-state index in [1.54, 1.807) is 17.0 Å². The van der Waals surface area contributed by atoms with Gasteiger partial charge in [-0.05, 0) is 30.3 Å². The summed E-state index contributed by atoms with van der Waals surface area (Å²) in [6.07, 6.45) is 1.25. The fourth-order valence-corrected chi connectivity index (χ4v) is 3.70. The highest BCUT2D eigenvalue weighted by Gasteiger charge is 2.41. The maximum absolute atomic E-state index is 12.5. The molecule has 4 rings (SSSR count).